The molecule has 0 radical (unpaired) electrons. The van der Waals surface area contributed by atoms with Gasteiger partial charge in [0.05, 0.1) is 4.99 Å². The molecule has 0 atom stereocenters. The molecule has 0 aromatic heterocycles. The molecule has 2 rings (SSSR count). The molecule has 3 heteroatoms. The van der Waals surface area contributed by atoms with E-state index in [9.17, 15) is 0 Å². The minimum Gasteiger partial charge on any atom is -0.364 e. The first kappa shape index (κ1) is 7.50. The Morgan fingerprint density at radius 1 is 1.55 bits per heavy atom. The molecule has 0 bridgehead atoms. The molecule has 0 spiro atoms. The number of hydrogen-bond donors (Lipinski definition) is 1. The normalized spacial score (nSPS) is 25.8. The molecule has 2 fully saturated rings. The van der Waals surface area contributed by atoms with Crippen LogP contribution in [-0.2, 0) is 0 Å². The molecule has 0 unspecified atom stereocenters. The maximum Gasteiger partial charge on any atom is 0.0920 e. The number of rotatable bonds is 2. The quantitative estimate of drug-likeness (QED) is 0.612. The van der Waals surface area contributed by atoms with Gasteiger partial charge < -0.3 is 10.2 Å². The van der Waals surface area contributed by atoms with Crippen molar-refractivity contribution in [2.75, 3.05) is 26.2 Å². The molecule has 2 nitrogen and oxygen atoms in total. The highest BCUT2D eigenvalue weighted by Gasteiger charge is 2.26. The summed E-state index contributed by atoms with van der Waals surface area (Å²) in [6.07, 6.45) is 2.85. The molecule has 1 aliphatic carbocycles. The van der Waals surface area contributed by atoms with Crippen LogP contribution in [0.4, 0.5) is 0 Å². The summed E-state index contributed by atoms with van der Waals surface area (Å²) in [6, 6.07) is 0. The van der Waals surface area contributed by atoms with Gasteiger partial charge >= 0.3 is 0 Å². The van der Waals surface area contributed by atoms with Crippen LogP contribution in [0.1, 0.15) is 12.8 Å². The van der Waals surface area contributed by atoms with Gasteiger partial charge in [0.25, 0.3) is 0 Å². The van der Waals surface area contributed by atoms with Crippen molar-refractivity contribution in [2.24, 2.45) is 5.92 Å². The fourth-order valence-corrected chi connectivity index (χ4v) is 1.72. The lowest BCUT2D eigenvalue weighted by Crippen LogP contribution is -2.47. The van der Waals surface area contributed by atoms with E-state index in [1.807, 2.05) is 0 Å². The molecule has 1 saturated heterocycles. The van der Waals surface area contributed by atoms with E-state index in [-0.39, 0.29) is 0 Å². The first-order valence-electron chi connectivity index (χ1n) is 4.35. The highest BCUT2D eigenvalue weighted by atomic mass is 32.1. The molecule has 0 amide bonds. The maximum atomic E-state index is 5.24. The fourth-order valence-electron chi connectivity index (χ4n) is 1.45. The van der Waals surface area contributed by atoms with Crippen molar-refractivity contribution in [1.29, 1.82) is 0 Å². The third-order valence-electron chi connectivity index (χ3n) is 2.36. The second kappa shape index (κ2) is 3.07. The zero-order valence-electron chi connectivity index (χ0n) is 6.68. The Bertz CT molecular complexity index is 165. The maximum absolute atomic E-state index is 5.24. The summed E-state index contributed by atoms with van der Waals surface area (Å²) in [5.74, 6) is 0.964. The topological polar surface area (TPSA) is 15.3 Å². The second-order valence-corrected chi connectivity index (χ2v) is 3.93. The van der Waals surface area contributed by atoms with E-state index in [0.29, 0.717) is 0 Å². The average Bonchev–Trinajstić information content (AvgIpc) is 2.78. The van der Waals surface area contributed by atoms with Gasteiger partial charge in [-0.3, -0.25) is 0 Å². The molecule has 62 valence electrons. The van der Waals surface area contributed by atoms with Crippen LogP contribution in [0, 0.1) is 5.92 Å². The van der Waals surface area contributed by atoms with E-state index in [1.54, 1.807) is 0 Å². The minimum atomic E-state index is 0.919. The largest absolute Gasteiger partial charge is 0.364 e. The van der Waals surface area contributed by atoms with Crippen LogP contribution in [0.15, 0.2) is 0 Å². The van der Waals surface area contributed by atoms with Crippen molar-refractivity contribution in [1.82, 2.24) is 10.2 Å². The highest BCUT2D eigenvalue weighted by Crippen LogP contribution is 2.29. The summed E-state index contributed by atoms with van der Waals surface area (Å²) in [5, 5.41) is 3.28. The third-order valence-corrected chi connectivity index (χ3v) is 2.77. The predicted octanol–water partition coefficient (Wildman–Crippen LogP) is 0.629. The van der Waals surface area contributed by atoms with Crippen LogP contribution in [-0.4, -0.2) is 36.1 Å². The Morgan fingerprint density at radius 2 is 2.36 bits per heavy atom. The molecular weight excluding hydrogens is 156 g/mol. The Labute approximate surface area is 73.0 Å². The van der Waals surface area contributed by atoms with Crippen molar-refractivity contribution in [3.05, 3.63) is 0 Å². The molecule has 0 aromatic carbocycles. The fraction of sp³-hybridized carbons (Fsp3) is 0.875. The van der Waals surface area contributed by atoms with Crippen molar-refractivity contribution >= 4 is 17.2 Å². The lowest BCUT2D eigenvalue weighted by atomic mass is 10.3. The smallest absolute Gasteiger partial charge is 0.0920 e. The van der Waals surface area contributed by atoms with Gasteiger partial charge in [0.1, 0.15) is 0 Å². The summed E-state index contributed by atoms with van der Waals surface area (Å²) < 4.78 is 0. The number of nitrogens with zero attached hydrogens (tertiary/aromatic N) is 1. The van der Waals surface area contributed by atoms with Gasteiger partial charge in [-0.25, -0.2) is 0 Å². The summed E-state index contributed by atoms with van der Waals surface area (Å²) in [7, 11) is 0. The SMILES string of the molecule is S=C1CNCCN1CC1CC1. The van der Waals surface area contributed by atoms with E-state index in [1.165, 1.54) is 19.4 Å². The predicted molar refractivity (Wildman–Crippen MR) is 49.8 cm³/mol. The van der Waals surface area contributed by atoms with Crippen LogP contribution in [0.5, 0.6) is 0 Å². The van der Waals surface area contributed by atoms with E-state index in [4.69, 9.17) is 12.2 Å². The summed E-state index contributed by atoms with van der Waals surface area (Å²) >= 11 is 5.24. The average molecular weight is 170 g/mol. The van der Waals surface area contributed by atoms with Gasteiger partial charge in [0.2, 0.25) is 0 Å². The Kier molecular flexibility index (Phi) is 2.09. The standard InChI is InChI=1S/C8H14N2S/c11-8-5-9-3-4-10(8)6-7-1-2-7/h7,9H,1-6H2. The van der Waals surface area contributed by atoms with Gasteiger partial charge in [-0.2, -0.15) is 0 Å². The molecule has 0 aromatic rings. The first-order chi connectivity index (χ1) is 5.36. The molecule has 1 heterocycles. The monoisotopic (exact) mass is 170 g/mol. The number of hydrogen-bond acceptors (Lipinski definition) is 2. The number of thiocarbonyl (C=S) groups is 1. The van der Waals surface area contributed by atoms with Gasteiger partial charge in [-0.1, -0.05) is 12.2 Å². The Hall–Kier alpha value is -0.150. The van der Waals surface area contributed by atoms with E-state index in [0.717, 1.165) is 30.5 Å². The molecular formula is C8H14N2S. The molecule has 1 saturated carbocycles. The van der Waals surface area contributed by atoms with Crippen LogP contribution in [0.25, 0.3) is 0 Å². The first-order valence-corrected chi connectivity index (χ1v) is 4.75. The second-order valence-electron chi connectivity index (χ2n) is 3.46. The van der Waals surface area contributed by atoms with Gasteiger partial charge in [0, 0.05) is 26.2 Å². The van der Waals surface area contributed by atoms with Crippen molar-refractivity contribution < 1.29 is 0 Å². The molecule has 11 heavy (non-hydrogen) atoms. The summed E-state index contributed by atoms with van der Waals surface area (Å²) in [5.41, 5.74) is 0. The summed E-state index contributed by atoms with van der Waals surface area (Å²) in [6.45, 7) is 4.37. The van der Waals surface area contributed by atoms with Crippen LogP contribution >= 0.6 is 12.2 Å². The lowest BCUT2D eigenvalue weighted by Gasteiger charge is -2.29. The minimum absolute atomic E-state index is 0.919. The highest BCUT2D eigenvalue weighted by molar-refractivity contribution is 7.80. The van der Waals surface area contributed by atoms with E-state index < -0.39 is 0 Å². The molecule has 1 aliphatic heterocycles. The van der Waals surface area contributed by atoms with Crippen LogP contribution in [0.3, 0.4) is 0 Å². The molecule has 1 N–H and O–H groups in total. The van der Waals surface area contributed by atoms with Crippen LogP contribution < -0.4 is 5.32 Å². The third kappa shape index (κ3) is 1.91. The lowest BCUT2D eigenvalue weighted by molar-refractivity contribution is 0.373. The van der Waals surface area contributed by atoms with Gasteiger partial charge in [-0.15, -0.1) is 0 Å². The van der Waals surface area contributed by atoms with Crippen molar-refractivity contribution in [2.45, 2.75) is 12.8 Å². The molecule has 2 aliphatic rings. The van der Waals surface area contributed by atoms with Gasteiger partial charge in [-0.05, 0) is 18.8 Å². The van der Waals surface area contributed by atoms with Crippen LogP contribution in [0.2, 0.25) is 0 Å². The number of nitrogens with one attached hydrogen (secondary N) is 1. The van der Waals surface area contributed by atoms with Gasteiger partial charge in [0.15, 0.2) is 0 Å². The van der Waals surface area contributed by atoms with E-state index >= 15 is 0 Å². The zero-order chi connectivity index (χ0) is 7.68. The number of piperazine rings is 1. The van der Waals surface area contributed by atoms with E-state index in [2.05, 4.69) is 10.2 Å². The Balaban J connectivity index is 1.83. The summed E-state index contributed by atoms with van der Waals surface area (Å²) in [4.78, 5) is 3.48. The zero-order valence-corrected chi connectivity index (χ0v) is 7.49. The Morgan fingerprint density at radius 3 is 3.00 bits per heavy atom. The van der Waals surface area contributed by atoms with Crippen molar-refractivity contribution in [3.8, 4) is 0 Å². The van der Waals surface area contributed by atoms with Crippen molar-refractivity contribution in [3.63, 3.8) is 0 Å².